The van der Waals surface area contributed by atoms with E-state index in [0.717, 1.165) is 0 Å². The Morgan fingerprint density at radius 3 is 2.93 bits per heavy atom. The first kappa shape index (κ1) is 10.8. The molecule has 0 saturated carbocycles. The summed E-state index contributed by atoms with van der Waals surface area (Å²) in [5, 5.41) is 2.99. The lowest BCUT2D eigenvalue weighted by atomic mass is 9.95. The Labute approximate surface area is 92.4 Å². The van der Waals surface area contributed by atoms with Crippen molar-refractivity contribution < 1.29 is 8.78 Å². The summed E-state index contributed by atoms with van der Waals surface area (Å²) in [6.07, 6.45) is 0.519. The molecule has 1 fully saturated rings. The molecule has 4 heteroatoms. The third kappa shape index (κ3) is 2.29. The van der Waals surface area contributed by atoms with Crippen LogP contribution in [0.25, 0.3) is 0 Å². The zero-order valence-electron chi connectivity index (χ0n) is 8.19. The first-order chi connectivity index (χ1) is 7.11. The van der Waals surface area contributed by atoms with Crippen LogP contribution in [0.1, 0.15) is 12.0 Å². The van der Waals surface area contributed by atoms with Crippen LogP contribution in [-0.4, -0.2) is 18.8 Å². The van der Waals surface area contributed by atoms with Gasteiger partial charge in [-0.15, -0.1) is 0 Å². The number of nitrogens with one attached hydrogen (secondary N) is 1. The molecule has 2 rings (SSSR count). The van der Waals surface area contributed by atoms with Crippen LogP contribution in [0.4, 0.5) is 8.78 Å². The van der Waals surface area contributed by atoms with Gasteiger partial charge in [-0.1, -0.05) is 23.7 Å². The summed E-state index contributed by atoms with van der Waals surface area (Å²) in [5.74, 6) is -0.497. The van der Waals surface area contributed by atoms with Crippen molar-refractivity contribution in [2.24, 2.45) is 0 Å². The summed E-state index contributed by atoms with van der Waals surface area (Å²) < 4.78 is 27.5. The number of benzene rings is 1. The van der Waals surface area contributed by atoms with Crippen molar-refractivity contribution in [3.05, 3.63) is 34.6 Å². The van der Waals surface area contributed by atoms with Crippen LogP contribution in [0.2, 0.25) is 5.02 Å². The van der Waals surface area contributed by atoms with Gasteiger partial charge in [0.25, 0.3) is 0 Å². The third-order valence-electron chi connectivity index (χ3n) is 2.73. The second kappa shape index (κ2) is 4.06. The first-order valence-corrected chi connectivity index (χ1v) is 5.31. The monoisotopic (exact) mass is 231 g/mol. The van der Waals surface area contributed by atoms with Crippen LogP contribution in [0, 0.1) is 5.82 Å². The summed E-state index contributed by atoms with van der Waals surface area (Å²) in [7, 11) is 0. The van der Waals surface area contributed by atoms with Crippen LogP contribution in [-0.2, 0) is 6.42 Å². The molecule has 0 aliphatic carbocycles. The molecule has 1 N–H and O–H groups in total. The van der Waals surface area contributed by atoms with E-state index < -0.39 is 11.5 Å². The van der Waals surface area contributed by atoms with Gasteiger partial charge < -0.3 is 5.32 Å². The standard InChI is InChI=1S/C11H12ClF2N/c12-9-3-1-2-8(10(9)13)6-11(14)4-5-15-7-11/h1-3,15H,4-7H2. The largest absolute Gasteiger partial charge is 0.313 e. The molecule has 1 nitrogen and oxygen atoms in total. The number of halogens is 3. The molecule has 0 spiro atoms. The molecule has 82 valence electrons. The van der Waals surface area contributed by atoms with Crippen LogP contribution < -0.4 is 5.32 Å². The van der Waals surface area contributed by atoms with Gasteiger partial charge in [0.1, 0.15) is 11.5 Å². The maximum Gasteiger partial charge on any atom is 0.145 e. The van der Waals surface area contributed by atoms with Gasteiger partial charge in [-0.2, -0.15) is 0 Å². The molecular formula is C11H12ClF2N. The fraction of sp³-hybridized carbons (Fsp3) is 0.455. The number of alkyl halides is 1. The normalized spacial score (nSPS) is 25.8. The second-order valence-electron chi connectivity index (χ2n) is 3.97. The van der Waals surface area contributed by atoms with Crippen LogP contribution >= 0.6 is 11.6 Å². The van der Waals surface area contributed by atoms with Gasteiger partial charge in [0.05, 0.1) is 5.02 Å². The van der Waals surface area contributed by atoms with Gasteiger partial charge in [-0.05, 0) is 24.6 Å². The van der Waals surface area contributed by atoms with Crippen LogP contribution in [0.5, 0.6) is 0 Å². The molecule has 1 saturated heterocycles. The lowest BCUT2D eigenvalue weighted by molar-refractivity contribution is 0.188. The second-order valence-corrected chi connectivity index (χ2v) is 4.37. The molecule has 1 aliphatic heterocycles. The summed E-state index contributed by atoms with van der Waals surface area (Å²) in [6, 6.07) is 4.70. The first-order valence-electron chi connectivity index (χ1n) is 4.93. The van der Waals surface area contributed by atoms with Crippen molar-refractivity contribution in [2.45, 2.75) is 18.5 Å². The molecule has 0 bridgehead atoms. The van der Waals surface area contributed by atoms with Gasteiger partial charge in [-0.25, -0.2) is 8.78 Å². The van der Waals surface area contributed by atoms with Crippen LogP contribution in [0.15, 0.2) is 18.2 Å². The summed E-state index contributed by atoms with van der Waals surface area (Å²) in [4.78, 5) is 0. The Morgan fingerprint density at radius 2 is 2.27 bits per heavy atom. The molecule has 0 aromatic heterocycles. The predicted molar refractivity (Wildman–Crippen MR) is 56.4 cm³/mol. The lowest BCUT2D eigenvalue weighted by Crippen LogP contribution is -2.29. The van der Waals surface area contributed by atoms with Crippen molar-refractivity contribution >= 4 is 11.6 Å². The van der Waals surface area contributed by atoms with Crippen molar-refractivity contribution in [1.82, 2.24) is 5.32 Å². The molecule has 1 unspecified atom stereocenters. The molecule has 1 heterocycles. The summed E-state index contributed by atoms with van der Waals surface area (Å²) >= 11 is 5.63. The quantitative estimate of drug-likeness (QED) is 0.825. The summed E-state index contributed by atoms with van der Waals surface area (Å²) in [6.45, 7) is 0.942. The fourth-order valence-corrected chi connectivity index (χ4v) is 2.08. The summed E-state index contributed by atoms with van der Waals surface area (Å²) in [5.41, 5.74) is -0.973. The van der Waals surface area contributed by atoms with E-state index in [0.29, 0.717) is 25.1 Å². The van der Waals surface area contributed by atoms with E-state index in [2.05, 4.69) is 5.32 Å². The van der Waals surface area contributed by atoms with Crippen LogP contribution in [0.3, 0.4) is 0 Å². The predicted octanol–water partition coefficient (Wildman–Crippen LogP) is 2.72. The Kier molecular flexibility index (Phi) is 2.94. The highest BCUT2D eigenvalue weighted by atomic mass is 35.5. The van der Waals surface area contributed by atoms with E-state index in [1.807, 2.05) is 0 Å². The molecule has 0 radical (unpaired) electrons. The van der Waals surface area contributed by atoms with Gasteiger partial charge in [0.2, 0.25) is 0 Å². The van der Waals surface area contributed by atoms with E-state index >= 15 is 0 Å². The van der Waals surface area contributed by atoms with E-state index in [-0.39, 0.29) is 11.4 Å². The Hall–Kier alpha value is -0.670. The number of hydrogen-bond acceptors (Lipinski definition) is 1. The SMILES string of the molecule is Fc1c(Cl)cccc1CC1(F)CCNC1. The van der Waals surface area contributed by atoms with Crippen molar-refractivity contribution in [1.29, 1.82) is 0 Å². The Morgan fingerprint density at radius 1 is 1.47 bits per heavy atom. The highest BCUT2D eigenvalue weighted by Gasteiger charge is 2.34. The average Bonchev–Trinajstić information content (AvgIpc) is 2.60. The Bertz CT molecular complexity index is 362. The number of hydrogen-bond donors (Lipinski definition) is 1. The maximum absolute atomic E-state index is 14.0. The van der Waals surface area contributed by atoms with E-state index in [4.69, 9.17) is 11.6 Å². The minimum Gasteiger partial charge on any atom is -0.313 e. The smallest absolute Gasteiger partial charge is 0.145 e. The van der Waals surface area contributed by atoms with Crippen molar-refractivity contribution in [2.75, 3.05) is 13.1 Å². The highest BCUT2D eigenvalue weighted by molar-refractivity contribution is 6.30. The molecule has 15 heavy (non-hydrogen) atoms. The molecule has 0 amide bonds. The molecular weight excluding hydrogens is 220 g/mol. The van der Waals surface area contributed by atoms with E-state index in [1.54, 1.807) is 12.1 Å². The number of rotatable bonds is 2. The minimum absolute atomic E-state index is 0.0575. The molecule has 1 aromatic carbocycles. The van der Waals surface area contributed by atoms with Crippen molar-refractivity contribution in [3.8, 4) is 0 Å². The van der Waals surface area contributed by atoms with E-state index in [9.17, 15) is 8.78 Å². The average molecular weight is 232 g/mol. The Balaban J connectivity index is 2.20. The van der Waals surface area contributed by atoms with Gasteiger partial charge in [0, 0.05) is 13.0 Å². The molecule has 1 aromatic rings. The molecule has 1 aliphatic rings. The zero-order chi connectivity index (χ0) is 10.9. The van der Waals surface area contributed by atoms with Gasteiger partial charge in [-0.3, -0.25) is 0 Å². The zero-order valence-corrected chi connectivity index (χ0v) is 8.95. The highest BCUT2D eigenvalue weighted by Crippen LogP contribution is 2.28. The topological polar surface area (TPSA) is 12.0 Å². The third-order valence-corrected chi connectivity index (χ3v) is 3.02. The fourth-order valence-electron chi connectivity index (χ4n) is 1.89. The molecule has 1 atom stereocenters. The van der Waals surface area contributed by atoms with Gasteiger partial charge in [0.15, 0.2) is 0 Å². The maximum atomic E-state index is 14.0. The van der Waals surface area contributed by atoms with Crippen molar-refractivity contribution in [3.63, 3.8) is 0 Å². The van der Waals surface area contributed by atoms with E-state index in [1.165, 1.54) is 6.07 Å². The lowest BCUT2D eigenvalue weighted by Gasteiger charge is -2.18. The van der Waals surface area contributed by atoms with Gasteiger partial charge >= 0.3 is 0 Å². The minimum atomic E-state index is -1.33.